The van der Waals surface area contributed by atoms with Crippen molar-refractivity contribution in [1.29, 1.82) is 0 Å². The van der Waals surface area contributed by atoms with Gasteiger partial charge in [0, 0.05) is 23.3 Å². The maximum Gasteiger partial charge on any atom is 0.328 e. The molecule has 0 radical (unpaired) electrons. The number of carbonyl (C=O) groups excluding carboxylic acids is 2. The fraction of sp³-hybridized carbons (Fsp3) is 0.190. The van der Waals surface area contributed by atoms with Crippen LogP contribution in [-0.2, 0) is 16.1 Å². The monoisotopic (exact) mass is 409 g/mol. The second-order valence-electron chi connectivity index (χ2n) is 6.62. The van der Waals surface area contributed by atoms with E-state index in [0.29, 0.717) is 11.6 Å². The molecular weight excluding hydrogens is 390 g/mol. The number of aromatic nitrogens is 1. The molecule has 3 rings (SSSR count). The van der Waals surface area contributed by atoms with E-state index in [1.807, 2.05) is 31.2 Å². The highest BCUT2D eigenvalue weighted by Gasteiger charge is 2.20. The first-order chi connectivity index (χ1) is 14.3. The van der Waals surface area contributed by atoms with Crippen molar-refractivity contribution >= 4 is 17.6 Å². The SMILES string of the molecule is Cc1ccc(-c2nc(COC(=O)[C@H](C)NC(=O)c3cccc([N+](=O)[O-])c3)co2)cc1. The van der Waals surface area contributed by atoms with Crippen molar-refractivity contribution in [2.24, 2.45) is 0 Å². The van der Waals surface area contributed by atoms with Gasteiger partial charge < -0.3 is 14.5 Å². The number of esters is 1. The number of non-ortho nitro benzene ring substituents is 1. The lowest BCUT2D eigenvalue weighted by Gasteiger charge is -2.12. The van der Waals surface area contributed by atoms with Gasteiger partial charge in [-0.2, -0.15) is 0 Å². The van der Waals surface area contributed by atoms with E-state index in [9.17, 15) is 19.7 Å². The molecule has 0 fully saturated rings. The van der Waals surface area contributed by atoms with E-state index < -0.39 is 22.8 Å². The molecule has 0 aliphatic heterocycles. The summed E-state index contributed by atoms with van der Waals surface area (Å²) >= 11 is 0. The number of oxazole rings is 1. The van der Waals surface area contributed by atoms with E-state index in [4.69, 9.17) is 9.15 Å². The average molecular weight is 409 g/mol. The maximum atomic E-state index is 12.2. The van der Waals surface area contributed by atoms with Crippen LogP contribution in [0.2, 0.25) is 0 Å². The minimum atomic E-state index is -0.958. The number of nitro benzene ring substituents is 1. The van der Waals surface area contributed by atoms with Gasteiger partial charge in [0.05, 0.1) is 4.92 Å². The normalized spacial score (nSPS) is 11.5. The summed E-state index contributed by atoms with van der Waals surface area (Å²) < 4.78 is 10.6. The molecule has 2 aromatic carbocycles. The Kier molecular flexibility index (Phi) is 6.21. The first-order valence-corrected chi connectivity index (χ1v) is 9.07. The van der Waals surface area contributed by atoms with Crippen molar-refractivity contribution in [2.75, 3.05) is 0 Å². The van der Waals surface area contributed by atoms with Crippen LogP contribution in [0.15, 0.2) is 59.2 Å². The molecule has 9 nitrogen and oxygen atoms in total. The quantitative estimate of drug-likeness (QED) is 0.360. The number of carbonyl (C=O) groups is 2. The molecule has 1 atom stereocenters. The molecule has 9 heteroatoms. The van der Waals surface area contributed by atoms with E-state index in [1.165, 1.54) is 31.4 Å². The molecule has 0 saturated heterocycles. The van der Waals surface area contributed by atoms with Crippen molar-refractivity contribution in [2.45, 2.75) is 26.5 Å². The van der Waals surface area contributed by atoms with Gasteiger partial charge in [-0.05, 0) is 32.0 Å². The number of aryl methyl sites for hydroxylation is 1. The standard InChI is InChI=1S/C21H19N3O6/c1-13-6-8-15(9-7-13)20-23-17(11-29-20)12-30-21(26)14(2)22-19(25)16-4-3-5-18(10-16)24(27)28/h3-11,14H,12H2,1-2H3,(H,22,25)/t14-/m0/s1. The van der Waals surface area contributed by atoms with E-state index >= 15 is 0 Å². The zero-order chi connectivity index (χ0) is 21.7. The second kappa shape index (κ2) is 8.99. The van der Waals surface area contributed by atoms with Gasteiger partial charge in [-0.25, -0.2) is 9.78 Å². The lowest BCUT2D eigenvalue weighted by molar-refractivity contribution is -0.384. The van der Waals surface area contributed by atoms with Crippen molar-refractivity contribution < 1.29 is 23.7 Å². The zero-order valence-corrected chi connectivity index (χ0v) is 16.3. The molecule has 1 aromatic heterocycles. The molecule has 3 aromatic rings. The summed E-state index contributed by atoms with van der Waals surface area (Å²) in [6.07, 6.45) is 1.40. The molecule has 0 aliphatic rings. The van der Waals surface area contributed by atoms with Gasteiger partial charge >= 0.3 is 5.97 Å². The Balaban J connectivity index is 1.55. The predicted molar refractivity (Wildman–Crippen MR) is 106 cm³/mol. The van der Waals surface area contributed by atoms with E-state index in [-0.39, 0.29) is 17.9 Å². The molecule has 1 N–H and O–H groups in total. The highest BCUT2D eigenvalue weighted by atomic mass is 16.6. The van der Waals surface area contributed by atoms with Gasteiger partial charge in [0.2, 0.25) is 5.89 Å². The number of nitrogens with one attached hydrogen (secondary N) is 1. The first-order valence-electron chi connectivity index (χ1n) is 9.07. The zero-order valence-electron chi connectivity index (χ0n) is 16.3. The van der Waals surface area contributed by atoms with Gasteiger partial charge in [-0.15, -0.1) is 0 Å². The Morgan fingerprint density at radius 2 is 1.97 bits per heavy atom. The van der Waals surface area contributed by atoms with Crippen LogP contribution in [0.1, 0.15) is 28.5 Å². The third-order valence-corrected chi connectivity index (χ3v) is 4.23. The van der Waals surface area contributed by atoms with Crippen molar-refractivity contribution in [3.8, 4) is 11.5 Å². The number of ether oxygens (including phenoxy) is 1. The average Bonchev–Trinajstić information content (AvgIpc) is 3.21. The third-order valence-electron chi connectivity index (χ3n) is 4.23. The Morgan fingerprint density at radius 1 is 1.23 bits per heavy atom. The molecule has 0 spiro atoms. The lowest BCUT2D eigenvalue weighted by Crippen LogP contribution is -2.39. The first kappa shape index (κ1) is 20.7. The van der Waals surface area contributed by atoms with Crippen LogP contribution in [0.5, 0.6) is 0 Å². The fourth-order valence-corrected chi connectivity index (χ4v) is 2.57. The van der Waals surface area contributed by atoms with Crippen LogP contribution in [0.25, 0.3) is 11.5 Å². The van der Waals surface area contributed by atoms with Crippen LogP contribution in [0.4, 0.5) is 5.69 Å². The molecule has 0 bridgehead atoms. The van der Waals surface area contributed by atoms with Gasteiger partial charge in [-0.3, -0.25) is 14.9 Å². The number of nitrogens with zero attached hydrogens (tertiary/aromatic N) is 2. The number of hydrogen-bond acceptors (Lipinski definition) is 7. The summed E-state index contributed by atoms with van der Waals surface area (Å²) in [5.41, 5.74) is 2.20. The summed E-state index contributed by atoms with van der Waals surface area (Å²) in [4.78, 5) is 38.9. The molecule has 0 aliphatic carbocycles. The molecule has 0 unspecified atom stereocenters. The highest BCUT2D eigenvalue weighted by Crippen LogP contribution is 2.19. The van der Waals surface area contributed by atoms with Gasteiger partial charge in [0.1, 0.15) is 24.6 Å². The van der Waals surface area contributed by atoms with Crippen LogP contribution in [0.3, 0.4) is 0 Å². The smallest absolute Gasteiger partial charge is 0.328 e. The number of rotatable bonds is 7. The molecule has 154 valence electrons. The van der Waals surface area contributed by atoms with E-state index in [1.54, 1.807) is 0 Å². The van der Waals surface area contributed by atoms with Crippen molar-refractivity contribution in [1.82, 2.24) is 10.3 Å². The van der Waals surface area contributed by atoms with Crippen LogP contribution in [0, 0.1) is 17.0 Å². The fourth-order valence-electron chi connectivity index (χ4n) is 2.57. The molecule has 1 amide bonds. The minimum absolute atomic E-state index is 0.0723. The predicted octanol–water partition coefficient (Wildman–Crippen LogP) is 3.42. The molecule has 30 heavy (non-hydrogen) atoms. The second-order valence-corrected chi connectivity index (χ2v) is 6.62. The van der Waals surface area contributed by atoms with Crippen LogP contribution in [-0.4, -0.2) is 27.8 Å². The Hall–Kier alpha value is -4.01. The highest BCUT2D eigenvalue weighted by molar-refractivity contribution is 5.97. The van der Waals surface area contributed by atoms with Gasteiger partial charge in [-0.1, -0.05) is 23.8 Å². The summed E-state index contributed by atoms with van der Waals surface area (Å²) in [6, 6.07) is 11.9. The van der Waals surface area contributed by atoms with E-state index in [0.717, 1.165) is 17.2 Å². The van der Waals surface area contributed by atoms with Crippen molar-refractivity contribution in [3.63, 3.8) is 0 Å². The van der Waals surface area contributed by atoms with Crippen molar-refractivity contribution in [3.05, 3.63) is 81.7 Å². The number of hydrogen-bond donors (Lipinski definition) is 1. The maximum absolute atomic E-state index is 12.2. The molecule has 0 saturated carbocycles. The van der Waals surface area contributed by atoms with Gasteiger partial charge in [0.25, 0.3) is 11.6 Å². The summed E-state index contributed by atoms with van der Waals surface area (Å²) in [6.45, 7) is 3.31. The topological polar surface area (TPSA) is 125 Å². The Labute approximate surface area is 171 Å². The molecule has 1 heterocycles. The minimum Gasteiger partial charge on any atom is -0.458 e. The Morgan fingerprint density at radius 3 is 2.67 bits per heavy atom. The Bertz CT molecular complexity index is 1070. The largest absolute Gasteiger partial charge is 0.458 e. The number of amides is 1. The molecular formula is C21H19N3O6. The lowest BCUT2D eigenvalue weighted by atomic mass is 10.1. The van der Waals surface area contributed by atoms with Gasteiger partial charge in [0.15, 0.2) is 0 Å². The summed E-state index contributed by atoms with van der Waals surface area (Å²) in [5.74, 6) is -0.881. The summed E-state index contributed by atoms with van der Waals surface area (Å²) in [5, 5.41) is 13.3. The number of nitro groups is 1. The summed E-state index contributed by atoms with van der Waals surface area (Å²) in [7, 11) is 0. The van der Waals surface area contributed by atoms with Crippen LogP contribution >= 0.6 is 0 Å². The number of benzene rings is 2. The third kappa shape index (κ3) is 5.07. The van der Waals surface area contributed by atoms with Crippen LogP contribution < -0.4 is 5.32 Å². The van der Waals surface area contributed by atoms with E-state index in [2.05, 4.69) is 10.3 Å².